The van der Waals surface area contributed by atoms with Crippen LogP contribution in [-0.2, 0) is 20.7 Å². The summed E-state index contributed by atoms with van der Waals surface area (Å²) in [6.07, 6.45) is -0.136. The quantitative estimate of drug-likeness (QED) is 0.580. The zero-order valence-corrected chi connectivity index (χ0v) is 17.6. The van der Waals surface area contributed by atoms with Crippen molar-refractivity contribution in [2.75, 3.05) is 11.9 Å². The standard InChI is InChI=1S/C21H21N3O5S/c1-12-6-7-15(13(2)9-12)23-21(27)24-18(25)11-28-19(26)10-16-14(3)29-20(22-16)17-5-4-8-30-17/h4-9H,10-11H2,1-3H3,(H2,23,24,25,27). The van der Waals surface area contributed by atoms with Crippen LogP contribution < -0.4 is 10.6 Å². The molecule has 2 heterocycles. The highest BCUT2D eigenvalue weighted by atomic mass is 32.1. The van der Waals surface area contributed by atoms with E-state index in [-0.39, 0.29) is 6.42 Å². The zero-order valence-electron chi connectivity index (χ0n) is 16.8. The molecule has 2 N–H and O–H groups in total. The van der Waals surface area contributed by atoms with Crippen molar-refractivity contribution in [2.45, 2.75) is 27.2 Å². The van der Waals surface area contributed by atoms with Crippen LogP contribution in [0.1, 0.15) is 22.6 Å². The SMILES string of the molecule is Cc1ccc(NC(=O)NC(=O)COC(=O)Cc2nc(-c3cccs3)oc2C)c(C)c1. The van der Waals surface area contributed by atoms with Crippen LogP contribution in [-0.4, -0.2) is 29.5 Å². The Hall–Kier alpha value is -3.46. The molecule has 0 fully saturated rings. The second-order valence-electron chi connectivity index (χ2n) is 6.66. The summed E-state index contributed by atoms with van der Waals surface area (Å²) in [6.45, 7) is 4.92. The Bertz CT molecular complexity index is 1070. The number of amides is 3. The number of benzene rings is 1. The number of hydrogen-bond donors (Lipinski definition) is 2. The number of oxazole rings is 1. The number of carbonyl (C=O) groups is 3. The molecular formula is C21H21N3O5S. The predicted molar refractivity (Wildman–Crippen MR) is 112 cm³/mol. The summed E-state index contributed by atoms with van der Waals surface area (Å²) < 4.78 is 10.5. The lowest BCUT2D eigenvalue weighted by molar-refractivity contribution is -0.147. The molecule has 0 unspecified atom stereocenters. The lowest BCUT2D eigenvalue weighted by atomic mass is 10.1. The van der Waals surface area contributed by atoms with Crippen molar-refractivity contribution in [3.8, 4) is 10.8 Å². The smallest absolute Gasteiger partial charge is 0.325 e. The Morgan fingerprint density at radius 3 is 2.67 bits per heavy atom. The van der Waals surface area contributed by atoms with Crippen molar-refractivity contribution in [1.29, 1.82) is 0 Å². The van der Waals surface area contributed by atoms with Crippen molar-refractivity contribution >= 4 is 34.9 Å². The molecule has 156 valence electrons. The highest BCUT2D eigenvalue weighted by molar-refractivity contribution is 7.13. The molecule has 0 aliphatic rings. The maximum absolute atomic E-state index is 12.0. The number of urea groups is 1. The number of anilines is 1. The molecule has 0 saturated heterocycles. The molecule has 0 atom stereocenters. The minimum absolute atomic E-state index is 0.136. The van der Waals surface area contributed by atoms with Gasteiger partial charge in [-0.25, -0.2) is 9.78 Å². The van der Waals surface area contributed by atoms with Crippen LogP contribution in [0.2, 0.25) is 0 Å². The number of thiophene rings is 1. The Morgan fingerprint density at radius 2 is 1.97 bits per heavy atom. The maximum Gasteiger partial charge on any atom is 0.325 e. The average Bonchev–Trinajstić information content (AvgIpc) is 3.33. The van der Waals surface area contributed by atoms with Gasteiger partial charge in [-0.3, -0.25) is 14.9 Å². The van der Waals surface area contributed by atoms with Crippen molar-refractivity contribution in [1.82, 2.24) is 10.3 Å². The molecule has 0 saturated carbocycles. The van der Waals surface area contributed by atoms with E-state index < -0.39 is 24.5 Å². The topological polar surface area (TPSA) is 111 Å². The predicted octanol–water partition coefficient (Wildman–Crippen LogP) is 3.76. The van der Waals surface area contributed by atoms with Gasteiger partial charge in [-0.05, 0) is 43.8 Å². The first kappa shape index (κ1) is 21.3. The van der Waals surface area contributed by atoms with E-state index in [0.29, 0.717) is 23.0 Å². The van der Waals surface area contributed by atoms with E-state index in [0.717, 1.165) is 16.0 Å². The number of rotatable bonds is 6. The fourth-order valence-corrected chi connectivity index (χ4v) is 3.35. The van der Waals surface area contributed by atoms with E-state index >= 15 is 0 Å². The number of imide groups is 1. The Kier molecular flexibility index (Phi) is 6.63. The normalized spacial score (nSPS) is 10.5. The molecule has 30 heavy (non-hydrogen) atoms. The molecule has 3 amide bonds. The van der Waals surface area contributed by atoms with Crippen molar-refractivity contribution in [2.24, 2.45) is 0 Å². The largest absolute Gasteiger partial charge is 0.455 e. The minimum Gasteiger partial charge on any atom is -0.455 e. The van der Waals surface area contributed by atoms with E-state index in [9.17, 15) is 14.4 Å². The summed E-state index contributed by atoms with van der Waals surface area (Å²) in [5.41, 5.74) is 2.96. The first-order valence-electron chi connectivity index (χ1n) is 9.15. The molecule has 0 aliphatic carbocycles. The number of ether oxygens (including phenoxy) is 1. The first-order chi connectivity index (χ1) is 14.3. The number of esters is 1. The van der Waals surface area contributed by atoms with Gasteiger partial charge in [-0.2, -0.15) is 0 Å². The average molecular weight is 427 g/mol. The lowest BCUT2D eigenvalue weighted by Gasteiger charge is -2.10. The fraction of sp³-hybridized carbons (Fsp3) is 0.238. The molecule has 0 aliphatic heterocycles. The summed E-state index contributed by atoms with van der Waals surface area (Å²) in [5, 5.41) is 6.61. The van der Waals surface area contributed by atoms with E-state index in [4.69, 9.17) is 9.15 Å². The molecule has 2 aromatic heterocycles. The van der Waals surface area contributed by atoms with Gasteiger partial charge >= 0.3 is 12.0 Å². The van der Waals surface area contributed by atoms with Gasteiger partial charge in [-0.1, -0.05) is 23.8 Å². The van der Waals surface area contributed by atoms with Gasteiger partial charge in [0, 0.05) is 5.69 Å². The molecule has 3 aromatic rings. The second-order valence-corrected chi connectivity index (χ2v) is 7.61. The Labute approximate surface area is 177 Å². The number of aromatic nitrogens is 1. The van der Waals surface area contributed by atoms with Crippen molar-refractivity contribution in [3.63, 3.8) is 0 Å². The van der Waals surface area contributed by atoms with Gasteiger partial charge in [0.15, 0.2) is 6.61 Å². The number of hydrogen-bond acceptors (Lipinski definition) is 7. The molecule has 0 bridgehead atoms. The van der Waals surface area contributed by atoms with Gasteiger partial charge < -0.3 is 14.5 Å². The lowest BCUT2D eigenvalue weighted by Crippen LogP contribution is -2.37. The third-order valence-electron chi connectivity index (χ3n) is 4.18. The van der Waals surface area contributed by atoms with Gasteiger partial charge in [-0.15, -0.1) is 11.3 Å². The van der Waals surface area contributed by atoms with E-state index in [1.54, 1.807) is 13.0 Å². The summed E-state index contributed by atoms with van der Waals surface area (Å²) >= 11 is 1.48. The Balaban J connectivity index is 1.46. The van der Waals surface area contributed by atoms with Crippen molar-refractivity contribution < 1.29 is 23.5 Å². The van der Waals surface area contributed by atoms with Crippen LogP contribution >= 0.6 is 11.3 Å². The van der Waals surface area contributed by atoms with E-state index in [1.807, 2.05) is 43.5 Å². The Morgan fingerprint density at radius 1 is 1.17 bits per heavy atom. The molecule has 0 radical (unpaired) electrons. The summed E-state index contributed by atoms with van der Waals surface area (Å²) in [7, 11) is 0. The van der Waals surface area contributed by atoms with Gasteiger partial charge in [0.05, 0.1) is 17.0 Å². The van der Waals surface area contributed by atoms with Crippen LogP contribution in [0.25, 0.3) is 10.8 Å². The van der Waals surface area contributed by atoms with Gasteiger partial charge in [0.2, 0.25) is 5.89 Å². The van der Waals surface area contributed by atoms with Gasteiger partial charge in [0.1, 0.15) is 5.76 Å². The molecule has 3 rings (SSSR count). The third kappa shape index (κ3) is 5.54. The third-order valence-corrected chi connectivity index (χ3v) is 5.04. The molecule has 0 spiro atoms. The van der Waals surface area contributed by atoms with Crippen molar-refractivity contribution in [3.05, 3.63) is 58.3 Å². The highest BCUT2D eigenvalue weighted by Crippen LogP contribution is 2.26. The fourth-order valence-electron chi connectivity index (χ4n) is 2.70. The van der Waals surface area contributed by atoms with Gasteiger partial charge in [0.25, 0.3) is 5.91 Å². The summed E-state index contributed by atoms with van der Waals surface area (Å²) in [6, 6.07) is 8.56. The number of nitrogens with one attached hydrogen (secondary N) is 2. The molecule has 9 heteroatoms. The number of carbonyl (C=O) groups excluding carboxylic acids is 3. The van der Waals surface area contributed by atoms with E-state index in [2.05, 4.69) is 15.6 Å². The zero-order chi connectivity index (χ0) is 21.7. The summed E-state index contributed by atoms with van der Waals surface area (Å²) in [4.78, 5) is 41.0. The van der Waals surface area contributed by atoms with Crippen LogP contribution in [0.3, 0.4) is 0 Å². The van der Waals surface area contributed by atoms with Crippen LogP contribution in [0, 0.1) is 20.8 Å². The van der Waals surface area contributed by atoms with Crippen LogP contribution in [0.15, 0.2) is 40.1 Å². The minimum atomic E-state index is -0.734. The highest BCUT2D eigenvalue weighted by Gasteiger charge is 2.17. The molecule has 8 nitrogen and oxygen atoms in total. The molecular weight excluding hydrogens is 406 g/mol. The maximum atomic E-state index is 12.0. The number of nitrogens with zero attached hydrogens (tertiary/aromatic N) is 1. The first-order valence-corrected chi connectivity index (χ1v) is 10.0. The van der Waals surface area contributed by atoms with E-state index in [1.165, 1.54) is 11.3 Å². The van der Waals surface area contributed by atoms with Crippen LogP contribution in [0.4, 0.5) is 10.5 Å². The number of aryl methyl sites for hydroxylation is 3. The monoisotopic (exact) mass is 427 g/mol. The summed E-state index contributed by atoms with van der Waals surface area (Å²) in [5.74, 6) is -0.436. The second kappa shape index (κ2) is 9.36. The molecule has 1 aromatic carbocycles. The van der Waals surface area contributed by atoms with Crippen LogP contribution in [0.5, 0.6) is 0 Å².